The highest BCUT2D eigenvalue weighted by molar-refractivity contribution is 6.30. The summed E-state index contributed by atoms with van der Waals surface area (Å²) < 4.78 is 5.24. The fraction of sp³-hybridized carbons (Fsp3) is 0.400. The number of rotatable bonds is 5. The molecule has 35 heavy (non-hydrogen) atoms. The van der Waals surface area contributed by atoms with Crippen LogP contribution in [0.25, 0.3) is 0 Å². The molecule has 4 rings (SSSR count). The number of nitrogens with one attached hydrogen (secondary N) is 2. The molecule has 2 aliphatic rings. The van der Waals surface area contributed by atoms with Gasteiger partial charge in [0.1, 0.15) is 5.75 Å². The van der Waals surface area contributed by atoms with Gasteiger partial charge in [0.25, 0.3) is 11.8 Å². The lowest BCUT2D eigenvalue weighted by atomic mass is 9.92. The minimum atomic E-state index is -1.09. The Labute approximate surface area is 209 Å². The summed E-state index contributed by atoms with van der Waals surface area (Å²) in [5.41, 5.74) is 6.88. The van der Waals surface area contributed by atoms with Gasteiger partial charge < -0.3 is 26.0 Å². The third kappa shape index (κ3) is 5.86. The summed E-state index contributed by atoms with van der Waals surface area (Å²) in [6.45, 7) is 0.419. The van der Waals surface area contributed by atoms with E-state index in [1.165, 1.54) is 16.9 Å². The average Bonchev–Trinajstić information content (AvgIpc) is 3.30. The Morgan fingerprint density at radius 2 is 1.71 bits per heavy atom. The summed E-state index contributed by atoms with van der Waals surface area (Å²) in [4.78, 5) is 42.9. The van der Waals surface area contributed by atoms with Crippen molar-refractivity contribution >= 4 is 35.1 Å². The summed E-state index contributed by atoms with van der Waals surface area (Å²) in [7, 11) is 1.52. The van der Waals surface area contributed by atoms with Crippen molar-refractivity contribution in [2.45, 2.75) is 43.9 Å². The summed E-state index contributed by atoms with van der Waals surface area (Å²) in [5.74, 6) is -0.210. The van der Waals surface area contributed by atoms with Crippen molar-refractivity contribution < 1.29 is 19.1 Å². The molecule has 1 saturated heterocycles. The molecule has 0 bridgehead atoms. The van der Waals surface area contributed by atoms with Gasteiger partial charge in [0.05, 0.1) is 7.11 Å². The zero-order valence-electron chi connectivity index (χ0n) is 19.6. The molecule has 4 amide bonds. The smallest absolute Gasteiger partial charge is 0.323 e. The minimum absolute atomic E-state index is 0.0467. The lowest BCUT2D eigenvalue weighted by Crippen LogP contribution is -2.56. The molecule has 1 heterocycles. The van der Waals surface area contributed by atoms with Gasteiger partial charge >= 0.3 is 6.03 Å². The summed E-state index contributed by atoms with van der Waals surface area (Å²) in [6.07, 6.45) is 2.07. The molecular weight excluding hydrogens is 470 g/mol. The van der Waals surface area contributed by atoms with Crippen LogP contribution in [0.1, 0.15) is 36.0 Å². The number of amides is 4. The summed E-state index contributed by atoms with van der Waals surface area (Å²) in [5, 5.41) is 6.30. The van der Waals surface area contributed by atoms with E-state index in [4.69, 9.17) is 22.1 Å². The Balaban J connectivity index is 1.56. The first kappa shape index (κ1) is 24.8. The van der Waals surface area contributed by atoms with Crippen LogP contribution in [0.4, 0.5) is 10.5 Å². The van der Waals surface area contributed by atoms with E-state index in [1.807, 2.05) is 0 Å². The van der Waals surface area contributed by atoms with Gasteiger partial charge in [-0.15, -0.1) is 0 Å². The van der Waals surface area contributed by atoms with Crippen LogP contribution in [0.2, 0.25) is 5.02 Å². The zero-order chi connectivity index (χ0) is 24.9. The molecule has 9 nitrogen and oxygen atoms in total. The van der Waals surface area contributed by atoms with E-state index in [0.717, 1.165) is 25.7 Å². The van der Waals surface area contributed by atoms with Crippen LogP contribution in [0, 0.1) is 0 Å². The molecule has 1 aliphatic heterocycles. The first-order valence-electron chi connectivity index (χ1n) is 11.7. The van der Waals surface area contributed by atoms with E-state index < -0.39 is 12.2 Å². The molecule has 186 valence electrons. The van der Waals surface area contributed by atoms with Crippen LogP contribution >= 0.6 is 11.6 Å². The van der Waals surface area contributed by atoms with Crippen molar-refractivity contribution in [1.29, 1.82) is 0 Å². The van der Waals surface area contributed by atoms with Crippen molar-refractivity contribution in [3.8, 4) is 5.75 Å². The molecule has 10 heteroatoms. The van der Waals surface area contributed by atoms with Crippen LogP contribution < -0.4 is 21.1 Å². The van der Waals surface area contributed by atoms with Crippen molar-refractivity contribution in [1.82, 2.24) is 15.1 Å². The number of carbonyl (C=O) groups is 3. The van der Waals surface area contributed by atoms with Crippen LogP contribution in [-0.2, 0) is 4.79 Å². The predicted molar refractivity (Wildman–Crippen MR) is 133 cm³/mol. The van der Waals surface area contributed by atoms with Gasteiger partial charge in [0, 0.05) is 41.4 Å². The normalized spacial score (nSPS) is 22.0. The number of urea groups is 1. The Kier molecular flexibility index (Phi) is 7.77. The molecule has 0 aromatic heterocycles. The highest BCUT2D eigenvalue weighted by atomic mass is 35.5. The maximum absolute atomic E-state index is 13.5. The largest absolute Gasteiger partial charge is 0.497 e. The van der Waals surface area contributed by atoms with Gasteiger partial charge in [0.2, 0.25) is 0 Å². The van der Waals surface area contributed by atoms with E-state index >= 15 is 0 Å². The lowest BCUT2D eigenvalue weighted by molar-refractivity contribution is -0.128. The van der Waals surface area contributed by atoms with Gasteiger partial charge in [-0.2, -0.15) is 0 Å². The second-order valence-electron chi connectivity index (χ2n) is 8.86. The Bertz CT molecular complexity index is 1090. The number of anilines is 1. The van der Waals surface area contributed by atoms with Gasteiger partial charge in [-0.3, -0.25) is 14.5 Å². The Hall–Kier alpha value is -3.30. The summed E-state index contributed by atoms with van der Waals surface area (Å²) in [6, 6.07) is 13.1. The van der Waals surface area contributed by atoms with Crippen molar-refractivity contribution in [2.24, 2.45) is 5.73 Å². The van der Waals surface area contributed by atoms with Crippen molar-refractivity contribution in [3.05, 3.63) is 59.1 Å². The molecule has 0 radical (unpaired) electrons. The molecular formula is C25H30ClN5O4. The molecule has 1 saturated carbocycles. The maximum Gasteiger partial charge on any atom is 0.323 e. The summed E-state index contributed by atoms with van der Waals surface area (Å²) >= 11 is 6.04. The molecule has 2 aromatic carbocycles. The van der Waals surface area contributed by atoms with E-state index in [0.29, 0.717) is 22.0 Å². The predicted octanol–water partition coefficient (Wildman–Crippen LogP) is 3.05. The second kappa shape index (κ2) is 11.0. The number of halogens is 1. The van der Waals surface area contributed by atoms with Gasteiger partial charge in [0.15, 0.2) is 6.17 Å². The van der Waals surface area contributed by atoms with Gasteiger partial charge in [-0.05, 0) is 62.1 Å². The highest BCUT2D eigenvalue weighted by Crippen LogP contribution is 2.24. The molecule has 0 spiro atoms. The van der Waals surface area contributed by atoms with Crippen LogP contribution in [0.15, 0.2) is 48.5 Å². The second-order valence-corrected chi connectivity index (χ2v) is 9.29. The maximum atomic E-state index is 13.5. The molecule has 1 atom stereocenters. The standard InChI is InChI=1S/C25H30ClN5O4/c1-35-21-7-2-4-16(14-21)24(33)30-12-13-31(25(34)29-20-6-3-5-17(26)15-20)23(30)22(32)28-19-10-8-18(27)9-11-19/h2-7,14-15,18-19,23H,8-13,27H2,1H3,(H,28,32)(H,29,34). The third-order valence-corrected chi connectivity index (χ3v) is 6.67. The van der Waals surface area contributed by atoms with E-state index in [1.54, 1.807) is 48.5 Å². The highest BCUT2D eigenvalue weighted by Gasteiger charge is 2.43. The number of hydrogen-bond acceptors (Lipinski definition) is 5. The van der Waals surface area contributed by atoms with E-state index in [-0.39, 0.29) is 37.0 Å². The number of nitrogens with zero attached hydrogens (tertiary/aromatic N) is 2. The first-order chi connectivity index (χ1) is 16.9. The fourth-order valence-corrected chi connectivity index (χ4v) is 4.75. The fourth-order valence-electron chi connectivity index (χ4n) is 4.56. The minimum Gasteiger partial charge on any atom is -0.497 e. The molecule has 2 aromatic rings. The lowest BCUT2D eigenvalue weighted by Gasteiger charge is -2.32. The van der Waals surface area contributed by atoms with Crippen molar-refractivity contribution in [2.75, 3.05) is 25.5 Å². The molecule has 1 unspecified atom stereocenters. The average molecular weight is 500 g/mol. The van der Waals surface area contributed by atoms with Crippen LogP contribution in [0.3, 0.4) is 0 Å². The SMILES string of the molecule is COc1cccc(C(=O)N2CCN(C(=O)Nc3cccc(Cl)c3)C2C(=O)NC2CCC(N)CC2)c1. The monoisotopic (exact) mass is 499 g/mol. The van der Waals surface area contributed by atoms with E-state index in [9.17, 15) is 14.4 Å². The van der Waals surface area contributed by atoms with Crippen molar-refractivity contribution in [3.63, 3.8) is 0 Å². The molecule has 2 fully saturated rings. The Morgan fingerprint density at radius 3 is 2.43 bits per heavy atom. The number of methoxy groups -OCH3 is 1. The quantitative estimate of drug-likeness (QED) is 0.584. The van der Waals surface area contributed by atoms with E-state index in [2.05, 4.69) is 10.6 Å². The molecule has 4 N–H and O–H groups in total. The number of hydrogen-bond donors (Lipinski definition) is 3. The number of ether oxygens (including phenoxy) is 1. The van der Waals surface area contributed by atoms with Gasteiger partial charge in [-0.1, -0.05) is 23.7 Å². The van der Waals surface area contributed by atoms with Gasteiger partial charge in [-0.25, -0.2) is 4.79 Å². The third-order valence-electron chi connectivity index (χ3n) is 6.44. The number of benzene rings is 2. The van der Waals surface area contributed by atoms with Crippen LogP contribution in [-0.4, -0.2) is 66.1 Å². The topological polar surface area (TPSA) is 117 Å². The first-order valence-corrected chi connectivity index (χ1v) is 12.1. The molecule has 1 aliphatic carbocycles. The van der Waals surface area contributed by atoms with Crippen LogP contribution in [0.5, 0.6) is 5.75 Å². The Morgan fingerprint density at radius 1 is 1.00 bits per heavy atom. The number of nitrogens with two attached hydrogens (primary N) is 1. The number of carbonyl (C=O) groups excluding carboxylic acids is 3. The zero-order valence-corrected chi connectivity index (χ0v) is 20.3.